The molecule has 0 saturated carbocycles. The van der Waals surface area contributed by atoms with Crippen LogP contribution in [0.4, 0.5) is 0 Å². The highest BCUT2D eigenvalue weighted by Gasteiger charge is 1.92. The molecule has 0 atom stereocenters. The molecule has 0 amide bonds. The lowest BCUT2D eigenvalue weighted by molar-refractivity contribution is 0.305. The predicted molar refractivity (Wildman–Crippen MR) is 56.0 cm³/mol. The van der Waals surface area contributed by atoms with Gasteiger partial charge in [0.2, 0.25) is 0 Å². The van der Waals surface area contributed by atoms with Gasteiger partial charge in [-0.25, -0.2) is 0 Å². The SMILES string of the molecule is C=CC(C=C)=C(C=C)OC.CC. The summed E-state index contributed by atoms with van der Waals surface area (Å²) in [6, 6.07) is 0. The quantitative estimate of drug-likeness (QED) is 0.459. The first-order valence-electron chi connectivity index (χ1n) is 3.95. The third kappa shape index (κ3) is 4.56. The van der Waals surface area contributed by atoms with Gasteiger partial charge in [0.05, 0.1) is 7.11 Å². The van der Waals surface area contributed by atoms with E-state index in [9.17, 15) is 0 Å². The molecule has 0 heterocycles. The van der Waals surface area contributed by atoms with Crippen LogP contribution in [0.25, 0.3) is 0 Å². The van der Waals surface area contributed by atoms with Crippen molar-refractivity contribution >= 4 is 0 Å². The minimum absolute atomic E-state index is 0.699. The van der Waals surface area contributed by atoms with Gasteiger partial charge in [-0.3, -0.25) is 0 Å². The van der Waals surface area contributed by atoms with E-state index in [2.05, 4.69) is 19.7 Å². The van der Waals surface area contributed by atoms with E-state index in [0.717, 1.165) is 5.57 Å². The summed E-state index contributed by atoms with van der Waals surface area (Å²) in [5, 5.41) is 0. The van der Waals surface area contributed by atoms with Crippen molar-refractivity contribution in [1.29, 1.82) is 0 Å². The molecule has 68 valence electrons. The highest BCUT2D eigenvalue weighted by atomic mass is 16.5. The van der Waals surface area contributed by atoms with Crippen molar-refractivity contribution in [3.05, 3.63) is 49.3 Å². The molecule has 0 saturated heterocycles. The summed E-state index contributed by atoms with van der Waals surface area (Å²) in [5.74, 6) is 0.699. The maximum Gasteiger partial charge on any atom is 0.125 e. The second-order valence-electron chi connectivity index (χ2n) is 1.64. The predicted octanol–water partition coefficient (Wildman–Crippen LogP) is 3.47. The molecule has 0 aromatic carbocycles. The number of rotatable bonds is 4. The summed E-state index contributed by atoms with van der Waals surface area (Å²) in [6.45, 7) is 14.8. The fourth-order valence-corrected chi connectivity index (χ4v) is 0.604. The van der Waals surface area contributed by atoms with E-state index >= 15 is 0 Å². The van der Waals surface area contributed by atoms with Crippen LogP contribution < -0.4 is 0 Å². The van der Waals surface area contributed by atoms with Gasteiger partial charge in [-0.05, 0) is 6.08 Å². The zero-order valence-corrected chi connectivity index (χ0v) is 8.26. The molecular formula is C11H18O. The standard InChI is InChI=1S/C9H12O.C2H6/c1-5-8(6-2)9(7-3)10-4;1-2/h5-7H,1-3H2,4H3;1-2H3. The van der Waals surface area contributed by atoms with Crippen molar-refractivity contribution in [2.24, 2.45) is 0 Å². The number of hydrogen-bond acceptors (Lipinski definition) is 1. The average molecular weight is 166 g/mol. The molecule has 1 nitrogen and oxygen atoms in total. The first-order chi connectivity index (χ1) is 5.79. The molecule has 12 heavy (non-hydrogen) atoms. The van der Waals surface area contributed by atoms with Gasteiger partial charge in [-0.15, -0.1) is 0 Å². The molecule has 0 N–H and O–H groups in total. The lowest BCUT2D eigenvalue weighted by atomic mass is 10.2. The van der Waals surface area contributed by atoms with E-state index in [4.69, 9.17) is 4.74 Å². The zero-order valence-electron chi connectivity index (χ0n) is 8.26. The maximum absolute atomic E-state index is 4.96. The Morgan fingerprint density at radius 2 is 1.42 bits per heavy atom. The van der Waals surface area contributed by atoms with E-state index in [1.165, 1.54) is 0 Å². The fourth-order valence-electron chi connectivity index (χ4n) is 0.604. The molecule has 0 aliphatic heterocycles. The van der Waals surface area contributed by atoms with Crippen LogP contribution in [-0.4, -0.2) is 7.11 Å². The molecule has 0 aromatic rings. The van der Waals surface area contributed by atoms with Crippen molar-refractivity contribution in [1.82, 2.24) is 0 Å². The molecular weight excluding hydrogens is 148 g/mol. The summed E-state index contributed by atoms with van der Waals surface area (Å²) in [6.07, 6.45) is 4.97. The summed E-state index contributed by atoms with van der Waals surface area (Å²) >= 11 is 0. The van der Waals surface area contributed by atoms with E-state index in [1.54, 1.807) is 25.3 Å². The van der Waals surface area contributed by atoms with Gasteiger partial charge < -0.3 is 4.74 Å². The highest BCUT2D eigenvalue weighted by Crippen LogP contribution is 2.07. The van der Waals surface area contributed by atoms with Gasteiger partial charge >= 0.3 is 0 Å². The maximum atomic E-state index is 4.96. The van der Waals surface area contributed by atoms with Gasteiger partial charge in [-0.1, -0.05) is 45.7 Å². The molecule has 0 spiro atoms. The van der Waals surface area contributed by atoms with Crippen LogP contribution in [0.2, 0.25) is 0 Å². The van der Waals surface area contributed by atoms with Crippen LogP contribution in [-0.2, 0) is 4.74 Å². The van der Waals surface area contributed by atoms with Gasteiger partial charge in [0.15, 0.2) is 0 Å². The van der Waals surface area contributed by atoms with Gasteiger partial charge in [0.25, 0.3) is 0 Å². The molecule has 0 radical (unpaired) electrons. The van der Waals surface area contributed by atoms with E-state index < -0.39 is 0 Å². The topological polar surface area (TPSA) is 9.23 Å². The molecule has 0 aromatic heterocycles. The van der Waals surface area contributed by atoms with Crippen molar-refractivity contribution in [3.8, 4) is 0 Å². The Morgan fingerprint density at radius 3 is 1.50 bits per heavy atom. The van der Waals surface area contributed by atoms with E-state index in [0.29, 0.717) is 5.76 Å². The molecule has 1 heteroatoms. The van der Waals surface area contributed by atoms with Crippen LogP contribution in [0.5, 0.6) is 0 Å². The number of hydrogen-bond donors (Lipinski definition) is 0. The lowest BCUT2D eigenvalue weighted by Crippen LogP contribution is -1.85. The summed E-state index contributed by atoms with van der Waals surface area (Å²) in [5.41, 5.74) is 0.859. The summed E-state index contributed by atoms with van der Waals surface area (Å²) in [7, 11) is 1.59. The van der Waals surface area contributed by atoms with E-state index in [-0.39, 0.29) is 0 Å². The first-order valence-corrected chi connectivity index (χ1v) is 3.95. The average Bonchev–Trinajstić information content (AvgIpc) is 2.17. The Morgan fingerprint density at radius 1 is 1.00 bits per heavy atom. The molecule has 0 unspecified atom stereocenters. The van der Waals surface area contributed by atoms with Crippen molar-refractivity contribution in [2.45, 2.75) is 13.8 Å². The molecule has 0 bridgehead atoms. The minimum Gasteiger partial charge on any atom is -0.496 e. The zero-order chi connectivity index (χ0) is 9.98. The smallest absolute Gasteiger partial charge is 0.125 e. The van der Waals surface area contributed by atoms with Gasteiger partial charge in [0.1, 0.15) is 5.76 Å². The molecule has 0 rings (SSSR count). The summed E-state index contributed by atoms with van der Waals surface area (Å²) < 4.78 is 4.96. The lowest BCUT2D eigenvalue weighted by Gasteiger charge is -2.01. The first kappa shape index (κ1) is 13.4. The monoisotopic (exact) mass is 166 g/mol. The van der Waals surface area contributed by atoms with Crippen LogP contribution in [0.1, 0.15) is 13.8 Å². The van der Waals surface area contributed by atoms with Crippen molar-refractivity contribution < 1.29 is 4.74 Å². The Balaban J connectivity index is 0. The molecule has 0 aliphatic rings. The second kappa shape index (κ2) is 9.76. The minimum atomic E-state index is 0.699. The van der Waals surface area contributed by atoms with Gasteiger partial charge in [-0.2, -0.15) is 0 Å². The van der Waals surface area contributed by atoms with Crippen LogP contribution in [0.15, 0.2) is 49.3 Å². The third-order valence-electron chi connectivity index (χ3n) is 1.13. The van der Waals surface area contributed by atoms with Gasteiger partial charge in [0, 0.05) is 5.57 Å². The van der Waals surface area contributed by atoms with Crippen molar-refractivity contribution in [3.63, 3.8) is 0 Å². The van der Waals surface area contributed by atoms with Crippen LogP contribution in [0.3, 0.4) is 0 Å². The Hall–Kier alpha value is -1.24. The highest BCUT2D eigenvalue weighted by molar-refractivity contribution is 5.34. The molecule has 0 aliphatic carbocycles. The Bertz CT molecular complexity index is 165. The Labute approximate surface area is 75.7 Å². The molecule has 0 fully saturated rings. The third-order valence-corrected chi connectivity index (χ3v) is 1.13. The normalized spacial score (nSPS) is 6.92. The number of allylic oxidation sites excluding steroid dienone is 4. The van der Waals surface area contributed by atoms with Crippen molar-refractivity contribution in [2.75, 3.05) is 7.11 Å². The van der Waals surface area contributed by atoms with E-state index in [1.807, 2.05) is 13.8 Å². The number of ether oxygens (including phenoxy) is 1. The second-order valence-corrected chi connectivity index (χ2v) is 1.64. The summed E-state index contributed by atoms with van der Waals surface area (Å²) in [4.78, 5) is 0. The largest absolute Gasteiger partial charge is 0.496 e. The number of methoxy groups -OCH3 is 1. The van der Waals surface area contributed by atoms with Crippen LogP contribution in [0, 0.1) is 0 Å². The Kier molecular flexibility index (Phi) is 10.9. The fraction of sp³-hybridized carbons (Fsp3) is 0.273. The van der Waals surface area contributed by atoms with Crippen LogP contribution >= 0.6 is 0 Å².